The molecule has 1 saturated heterocycles. The summed E-state index contributed by atoms with van der Waals surface area (Å²) >= 11 is 6.53. The Labute approximate surface area is 179 Å². The van der Waals surface area contributed by atoms with E-state index in [-0.39, 0.29) is 18.1 Å². The number of aliphatic hydroxyl groups excluding tert-OH is 1. The zero-order chi connectivity index (χ0) is 20.8. The van der Waals surface area contributed by atoms with Crippen LogP contribution in [0.2, 0.25) is 5.02 Å². The second kappa shape index (κ2) is 10.3. The van der Waals surface area contributed by atoms with Gasteiger partial charge in [-0.2, -0.15) is 0 Å². The van der Waals surface area contributed by atoms with Crippen molar-refractivity contribution in [2.45, 2.75) is 52.4 Å². The van der Waals surface area contributed by atoms with Crippen LogP contribution in [0.5, 0.6) is 11.5 Å². The Hall–Kier alpha value is -1.75. The summed E-state index contributed by atoms with van der Waals surface area (Å²) in [6.45, 7) is 9.13. The standard InChI is InChI=1S/C24H32ClNO3/c1-4-28-23-14-19(13-21(25)24(23)29-17(2)3)12-20-16-26(11-10-22(20)27)15-18-8-6-5-7-9-18/h5-9,13-14,17,20,22,27H,4,10-12,15-16H2,1-3H3. The molecule has 1 aliphatic rings. The van der Waals surface area contributed by atoms with E-state index < -0.39 is 0 Å². The maximum Gasteiger partial charge on any atom is 0.180 e. The van der Waals surface area contributed by atoms with Crippen LogP contribution >= 0.6 is 11.6 Å². The van der Waals surface area contributed by atoms with E-state index >= 15 is 0 Å². The van der Waals surface area contributed by atoms with Gasteiger partial charge in [0.2, 0.25) is 0 Å². The molecule has 2 unspecified atom stereocenters. The highest BCUT2D eigenvalue weighted by Gasteiger charge is 2.28. The number of nitrogens with zero attached hydrogens (tertiary/aromatic N) is 1. The Morgan fingerprint density at radius 1 is 1.17 bits per heavy atom. The Morgan fingerprint density at radius 3 is 2.62 bits per heavy atom. The average molecular weight is 418 g/mol. The molecule has 2 aromatic carbocycles. The van der Waals surface area contributed by atoms with Gasteiger partial charge in [-0.15, -0.1) is 0 Å². The van der Waals surface area contributed by atoms with Crippen molar-refractivity contribution in [1.29, 1.82) is 0 Å². The second-order valence-corrected chi connectivity index (χ2v) is 8.45. The SMILES string of the molecule is CCOc1cc(CC2CN(Cc3ccccc3)CCC2O)cc(Cl)c1OC(C)C. The van der Waals surface area contributed by atoms with E-state index in [9.17, 15) is 5.11 Å². The number of hydrogen-bond acceptors (Lipinski definition) is 4. The third-order valence-electron chi connectivity index (χ3n) is 5.25. The van der Waals surface area contributed by atoms with Gasteiger partial charge in [0.05, 0.1) is 23.8 Å². The van der Waals surface area contributed by atoms with Gasteiger partial charge in [0.15, 0.2) is 11.5 Å². The minimum Gasteiger partial charge on any atom is -0.490 e. The van der Waals surface area contributed by atoms with Crippen LogP contribution in [0.4, 0.5) is 0 Å². The van der Waals surface area contributed by atoms with Gasteiger partial charge in [-0.3, -0.25) is 4.90 Å². The molecule has 29 heavy (non-hydrogen) atoms. The van der Waals surface area contributed by atoms with E-state index in [0.717, 1.165) is 38.0 Å². The molecular weight excluding hydrogens is 386 g/mol. The van der Waals surface area contributed by atoms with Crippen LogP contribution < -0.4 is 9.47 Å². The van der Waals surface area contributed by atoms with E-state index in [1.807, 2.05) is 39.0 Å². The van der Waals surface area contributed by atoms with Crippen LogP contribution in [-0.4, -0.2) is 41.9 Å². The molecule has 4 nitrogen and oxygen atoms in total. The molecule has 1 N–H and O–H groups in total. The van der Waals surface area contributed by atoms with Crippen LogP contribution in [0.25, 0.3) is 0 Å². The highest BCUT2D eigenvalue weighted by Crippen LogP contribution is 2.38. The fourth-order valence-electron chi connectivity index (χ4n) is 3.94. The van der Waals surface area contributed by atoms with Crippen LogP contribution in [0, 0.1) is 5.92 Å². The van der Waals surface area contributed by atoms with Crippen LogP contribution in [0.3, 0.4) is 0 Å². The van der Waals surface area contributed by atoms with E-state index in [1.54, 1.807) is 0 Å². The lowest BCUT2D eigenvalue weighted by Gasteiger charge is -2.36. The molecule has 0 radical (unpaired) electrons. The molecule has 0 aromatic heterocycles. The molecule has 0 bridgehead atoms. The minimum atomic E-state index is -0.303. The summed E-state index contributed by atoms with van der Waals surface area (Å²) in [4.78, 5) is 2.42. The quantitative estimate of drug-likeness (QED) is 0.659. The number of likely N-dealkylation sites (tertiary alicyclic amines) is 1. The monoisotopic (exact) mass is 417 g/mol. The van der Waals surface area contributed by atoms with Crippen molar-refractivity contribution in [3.8, 4) is 11.5 Å². The summed E-state index contributed by atoms with van der Waals surface area (Å²) in [5, 5.41) is 11.2. The van der Waals surface area contributed by atoms with Gasteiger partial charge in [0.25, 0.3) is 0 Å². The molecule has 2 atom stereocenters. The number of halogens is 1. The Balaban J connectivity index is 1.73. The van der Waals surface area contributed by atoms with Crippen LogP contribution in [-0.2, 0) is 13.0 Å². The summed E-state index contributed by atoms with van der Waals surface area (Å²) in [6, 6.07) is 14.5. The molecule has 2 aromatic rings. The molecule has 0 spiro atoms. The van der Waals surface area contributed by atoms with Crippen molar-refractivity contribution in [1.82, 2.24) is 4.90 Å². The normalized spacial score (nSPS) is 20.1. The molecular formula is C24H32ClNO3. The van der Waals surface area contributed by atoms with Gasteiger partial charge in [0, 0.05) is 25.6 Å². The van der Waals surface area contributed by atoms with E-state index in [0.29, 0.717) is 23.1 Å². The number of hydrogen-bond donors (Lipinski definition) is 1. The maximum absolute atomic E-state index is 10.6. The summed E-state index contributed by atoms with van der Waals surface area (Å²) in [6.07, 6.45) is 1.26. The number of ether oxygens (including phenoxy) is 2. The van der Waals surface area contributed by atoms with E-state index in [2.05, 4.69) is 29.2 Å². The van der Waals surface area contributed by atoms with Crippen molar-refractivity contribution < 1.29 is 14.6 Å². The van der Waals surface area contributed by atoms with Gasteiger partial charge in [-0.1, -0.05) is 41.9 Å². The van der Waals surface area contributed by atoms with E-state index in [4.69, 9.17) is 21.1 Å². The maximum atomic E-state index is 10.6. The fourth-order valence-corrected chi connectivity index (χ4v) is 4.21. The van der Waals surface area contributed by atoms with Crippen molar-refractivity contribution in [2.75, 3.05) is 19.7 Å². The summed E-state index contributed by atoms with van der Waals surface area (Å²) in [5.74, 6) is 1.44. The number of benzene rings is 2. The smallest absolute Gasteiger partial charge is 0.180 e. The van der Waals surface area contributed by atoms with Gasteiger partial charge in [-0.25, -0.2) is 0 Å². The first-order valence-electron chi connectivity index (χ1n) is 10.5. The topological polar surface area (TPSA) is 41.9 Å². The lowest BCUT2D eigenvalue weighted by atomic mass is 9.88. The molecule has 1 aliphatic heterocycles. The van der Waals surface area contributed by atoms with Crippen LogP contribution in [0.15, 0.2) is 42.5 Å². The Bertz CT molecular complexity index is 781. The van der Waals surface area contributed by atoms with Crippen molar-refractivity contribution in [2.24, 2.45) is 5.92 Å². The summed E-state index contributed by atoms with van der Waals surface area (Å²) in [7, 11) is 0. The first-order valence-corrected chi connectivity index (χ1v) is 10.9. The minimum absolute atomic E-state index is 0.0178. The van der Waals surface area contributed by atoms with Crippen molar-refractivity contribution >= 4 is 11.6 Å². The van der Waals surface area contributed by atoms with Crippen molar-refractivity contribution in [3.05, 3.63) is 58.6 Å². The highest BCUT2D eigenvalue weighted by atomic mass is 35.5. The summed E-state index contributed by atoms with van der Waals surface area (Å²) in [5.41, 5.74) is 2.37. The first kappa shape index (κ1) is 21.9. The molecule has 0 saturated carbocycles. The van der Waals surface area contributed by atoms with Gasteiger partial charge < -0.3 is 14.6 Å². The van der Waals surface area contributed by atoms with E-state index in [1.165, 1.54) is 5.56 Å². The fraction of sp³-hybridized carbons (Fsp3) is 0.500. The van der Waals surface area contributed by atoms with Crippen molar-refractivity contribution in [3.63, 3.8) is 0 Å². The Morgan fingerprint density at radius 2 is 1.93 bits per heavy atom. The predicted molar refractivity (Wildman–Crippen MR) is 118 cm³/mol. The zero-order valence-electron chi connectivity index (χ0n) is 17.6. The largest absolute Gasteiger partial charge is 0.490 e. The highest BCUT2D eigenvalue weighted by molar-refractivity contribution is 6.32. The lowest BCUT2D eigenvalue weighted by molar-refractivity contribution is 0.0239. The Kier molecular flexibility index (Phi) is 7.82. The molecule has 158 valence electrons. The molecule has 0 aliphatic carbocycles. The van der Waals surface area contributed by atoms with Gasteiger partial charge in [0.1, 0.15) is 0 Å². The molecule has 1 heterocycles. The number of rotatable bonds is 8. The molecule has 0 amide bonds. The third-order valence-corrected chi connectivity index (χ3v) is 5.53. The van der Waals surface area contributed by atoms with Gasteiger partial charge >= 0.3 is 0 Å². The third kappa shape index (κ3) is 6.11. The predicted octanol–water partition coefficient (Wildman–Crippen LogP) is 4.95. The lowest BCUT2D eigenvalue weighted by Crippen LogP contribution is -2.43. The molecule has 1 fully saturated rings. The average Bonchev–Trinajstić information content (AvgIpc) is 2.68. The van der Waals surface area contributed by atoms with Gasteiger partial charge in [-0.05, 0) is 56.9 Å². The molecule has 3 rings (SSSR count). The second-order valence-electron chi connectivity index (χ2n) is 8.05. The first-order chi connectivity index (χ1) is 14.0. The number of aliphatic hydroxyl groups is 1. The molecule has 5 heteroatoms. The number of piperidine rings is 1. The summed E-state index contributed by atoms with van der Waals surface area (Å²) < 4.78 is 11.7. The van der Waals surface area contributed by atoms with Crippen LogP contribution in [0.1, 0.15) is 38.3 Å². The zero-order valence-corrected chi connectivity index (χ0v) is 18.4.